The molecule has 3 aromatic rings. The van der Waals surface area contributed by atoms with E-state index in [1.807, 2.05) is 31.2 Å². The van der Waals surface area contributed by atoms with Crippen LogP contribution in [0.25, 0.3) is 11.3 Å². The molecule has 3 N–H and O–H groups in total. The number of halogens is 1. The van der Waals surface area contributed by atoms with Gasteiger partial charge in [-0.05, 0) is 37.3 Å². The van der Waals surface area contributed by atoms with Crippen molar-refractivity contribution >= 4 is 0 Å². The summed E-state index contributed by atoms with van der Waals surface area (Å²) in [7, 11) is 0. The first-order valence-electron chi connectivity index (χ1n) is 8.77. The Kier molecular flexibility index (Phi) is 4.45. The van der Waals surface area contributed by atoms with E-state index in [4.69, 9.17) is 15.2 Å². The molecule has 0 fully saturated rings. The predicted octanol–water partition coefficient (Wildman–Crippen LogP) is 3.83. The minimum absolute atomic E-state index is 0.0759. The number of hydrogen-bond acceptors (Lipinski definition) is 5. The molecule has 2 aromatic carbocycles. The second kappa shape index (κ2) is 7.08. The number of nitrogens with two attached hydrogens (primary N) is 1. The molecule has 4 rings (SSSR count). The highest BCUT2D eigenvalue weighted by atomic mass is 19.1. The number of allylic oxidation sites excluding steroid dienone is 1. The highest BCUT2D eigenvalue weighted by molar-refractivity contribution is 5.71. The number of nitrogens with one attached hydrogen (secondary N) is 1. The Balaban J connectivity index is 1.89. The Morgan fingerprint density at radius 3 is 2.68 bits per heavy atom. The van der Waals surface area contributed by atoms with Gasteiger partial charge in [-0.15, -0.1) is 5.10 Å². The number of rotatable bonds is 4. The monoisotopic (exact) mass is 376 g/mol. The van der Waals surface area contributed by atoms with Gasteiger partial charge in [-0.1, -0.05) is 18.2 Å². The lowest BCUT2D eigenvalue weighted by atomic mass is 9.83. The summed E-state index contributed by atoms with van der Waals surface area (Å²) in [6.45, 7) is 2.48. The van der Waals surface area contributed by atoms with E-state index in [9.17, 15) is 9.65 Å². The van der Waals surface area contributed by atoms with Crippen molar-refractivity contribution in [3.05, 3.63) is 76.9 Å². The molecule has 0 bridgehead atoms. The Labute approximate surface area is 161 Å². The first-order valence-corrected chi connectivity index (χ1v) is 8.77. The molecular weight excluding hydrogens is 359 g/mol. The molecule has 28 heavy (non-hydrogen) atoms. The number of H-pyrrole nitrogens is 1. The van der Waals surface area contributed by atoms with Crippen LogP contribution in [0.2, 0.25) is 0 Å². The first-order chi connectivity index (χ1) is 13.6. The van der Waals surface area contributed by atoms with E-state index in [0.717, 1.165) is 11.3 Å². The van der Waals surface area contributed by atoms with Crippen LogP contribution in [0.15, 0.2) is 60.0 Å². The maximum Gasteiger partial charge on any atom is 0.244 e. The van der Waals surface area contributed by atoms with Crippen molar-refractivity contribution in [3.8, 4) is 29.0 Å². The van der Waals surface area contributed by atoms with Crippen LogP contribution in [-0.4, -0.2) is 16.8 Å². The molecule has 140 valence electrons. The van der Waals surface area contributed by atoms with Gasteiger partial charge in [0.2, 0.25) is 11.8 Å². The Morgan fingerprint density at radius 1 is 1.25 bits per heavy atom. The number of nitrogens with zero attached hydrogens (tertiary/aromatic N) is 2. The van der Waals surface area contributed by atoms with Gasteiger partial charge in [-0.3, -0.25) is 5.10 Å². The summed E-state index contributed by atoms with van der Waals surface area (Å²) >= 11 is 0. The zero-order valence-corrected chi connectivity index (χ0v) is 15.1. The van der Waals surface area contributed by atoms with Crippen LogP contribution in [0.1, 0.15) is 24.0 Å². The fourth-order valence-corrected chi connectivity index (χ4v) is 3.37. The molecule has 1 aliphatic rings. The maximum absolute atomic E-state index is 14.6. The molecule has 1 unspecified atom stereocenters. The number of benzene rings is 2. The lowest BCUT2D eigenvalue weighted by Gasteiger charge is -2.24. The average molecular weight is 376 g/mol. The van der Waals surface area contributed by atoms with Crippen LogP contribution >= 0.6 is 0 Å². The molecule has 0 radical (unpaired) electrons. The van der Waals surface area contributed by atoms with Crippen LogP contribution in [0.4, 0.5) is 4.39 Å². The van der Waals surface area contributed by atoms with Crippen molar-refractivity contribution in [1.82, 2.24) is 10.2 Å². The SMILES string of the molecule is CCOc1ccc(-c2[nH]nc3c2C(c2ccccc2F)C(C#N)=C(N)O3)cc1. The largest absolute Gasteiger partial charge is 0.494 e. The normalized spacial score (nSPS) is 15.5. The molecule has 1 aliphatic heterocycles. The van der Waals surface area contributed by atoms with Gasteiger partial charge >= 0.3 is 0 Å². The van der Waals surface area contributed by atoms with Crippen molar-refractivity contribution in [2.45, 2.75) is 12.8 Å². The number of aromatic amines is 1. The Morgan fingerprint density at radius 2 is 2.00 bits per heavy atom. The number of fused-ring (bicyclic) bond motifs is 1. The van der Waals surface area contributed by atoms with Gasteiger partial charge in [-0.2, -0.15) is 5.26 Å². The van der Waals surface area contributed by atoms with Crippen molar-refractivity contribution in [2.24, 2.45) is 5.73 Å². The summed E-state index contributed by atoms with van der Waals surface area (Å²) in [5, 5.41) is 16.8. The van der Waals surface area contributed by atoms with Gasteiger partial charge in [0.15, 0.2) is 0 Å². The molecule has 0 spiro atoms. The molecule has 0 aliphatic carbocycles. The Bertz CT molecular complexity index is 1100. The topological polar surface area (TPSA) is 97.0 Å². The van der Waals surface area contributed by atoms with Gasteiger partial charge in [0.25, 0.3) is 0 Å². The molecule has 1 aromatic heterocycles. The number of aromatic nitrogens is 2. The summed E-state index contributed by atoms with van der Waals surface area (Å²) in [5.74, 6) is -0.264. The third-order valence-electron chi connectivity index (χ3n) is 4.61. The zero-order chi connectivity index (χ0) is 19.7. The van der Waals surface area contributed by atoms with E-state index in [2.05, 4.69) is 16.3 Å². The molecule has 0 saturated heterocycles. The highest BCUT2D eigenvalue weighted by Crippen LogP contribution is 2.46. The van der Waals surface area contributed by atoms with Crippen molar-refractivity contribution in [3.63, 3.8) is 0 Å². The fraction of sp³-hybridized carbons (Fsp3) is 0.143. The highest BCUT2D eigenvalue weighted by Gasteiger charge is 2.36. The summed E-state index contributed by atoms with van der Waals surface area (Å²) in [6, 6.07) is 15.8. The van der Waals surface area contributed by atoms with Gasteiger partial charge < -0.3 is 15.2 Å². The van der Waals surface area contributed by atoms with Gasteiger partial charge in [-0.25, -0.2) is 4.39 Å². The molecule has 0 saturated carbocycles. The molecule has 1 atom stereocenters. The van der Waals surface area contributed by atoms with Crippen molar-refractivity contribution < 1.29 is 13.9 Å². The quantitative estimate of drug-likeness (QED) is 0.721. The van der Waals surface area contributed by atoms with Crippen LogP contribution in [0.3, 0.4) is 0 Å². The fourth-order valence-electron chi connectivity index (χ4n) is 3.37. The van der Waals surface area contributed by atoms with E-state index >= 15 is 0 Å². The first kappa shape index (κ1) is 17.6. The van der Waals surface area contributed by atoms with Gasteiger partial charge in [0.05, 0.1) is 23.8 Å². The van der Waals surface area contributed by atoms with Crippen LogP contribution < -0.4 is 15.2 Å². The van der Waals surface area contributed by atoms with Crippen LogP contribution in [0, 0.1) is 17.1 Å². The van der Waals surface area contributed by atoms with Crippen LogP contribution in [0.5, 0.6) is 11.6 Å². The third kappa shape index (κ3) is 2.85. The molecular formula is C21H17FN4O2. The van der Waals surface area contributed by atoms with Crippen LogP contribution in [-0.2, 0) is 0 Å². The summed E-state index contributed by atoms with van der Waals surface area (Å²) in [4.78, 5) is 0. The summed E-state index contributed by atoms with van der Waals surface area (Å²) in [6.07, 6.45) is 0. The molecule has 2 heterocycles. The molecule has 0 amide bonds. The number of ether oxygens (including phenoxy) is 2. The summed E-state index contributed by atoms with van der Waals surface area (Å²) < 4.78 is 25.6. The van der Waals surface area contributed by atoms with Crippen molar-refractivity contribution in [2.75, 3.05) is 6.61 Å². The lowest BCUT2D eigenvalue weighted by molar-refractivity contribution is 0.340. The second-order valence-corrected chi connectivity index (χ2v) is 6.22. The molecule has 6 nitrogen and oxygen atoms in total. The van der Waals surface area contributed by atoms with Gasteiger partial charge in [0.1, 0.15) is 23.2 Å². The Hall–Kier alpha value is -3.79. The third-order valence-corrected chi connectivity index (χ3v) is 4.61. The minimum atomic E-state index is -0.727. The number of nitriles is 1. The molecule has 7 heteroatoms. The lowest BCUT2D eigenvalue weighted by Crippen LogP contribution is -2.21. The summed E-state index contributed by atoms with van der Waals surface area (Å²) in [5.41, 5.74) is 8.41. The van der Waals surface area contributed by atoms with Crippen molar-refractivity contribution in [1.29, 1.82) is 5.26 Å². The maximum atomic E-state index is 14.6. The predicted molar refractivity (Wildman–Crippen MR) is 101 cm³/mol. The number of hydrogen-bond donors (Lipinski definition) is 2. The van der Waals surface area contributed by atoms with Gasteiger partial charge in [0, 0.05) is 11.1 Å². The van der Waals surface area contributed by atoms with E-state index in [1.165, 1.54) is 6.07 Å². The average Bonchev–Trinajstić information content (AvgIpc) is 3.12. The van der Waals surface area contributed by atoms with E-state index in [1.54, 1.807) is 18.2 Å². The van der Waals surface area contributed by atoms with E-state index in [-0.39, 0.29) is 17.3 Å². The minimum Gasteiger partial charge on any atom is -0.494 e. The smallest absolute Gasteiger partial charge is 0.244 e. The second-order valence-electron chi connectivity index (χ2n) is 6.22. The van der Waals surface area contributed by atoms with E-state index < -0.39 is 11.7 Å². The standard InChI is InChI=1S/C21H17FN4O2/c1-2-27-13-9-7-12(8-10-13)19-18-17(14-5-3-4-6-16(14)22)15(11-23)20(24)28-21(18)26-25-19/h3-10,17H,2,24H2,1H3,(H,25,26). The van der Waals surface area contributed by atoms with E-state index in [0.29, 0.717) is 23.4 Å². The zero-order valence-electron chi connectivity index (χ0n) is 15.1.